The average Bonchev–Trinajstić information content (AvgIpc) is 3.08. The molecule has 1 saturated carbocycles. The van der Waals surface area contributed by atoms with Crippen LogP contribution in [0.2, 0.25) is 0 Å². The predicted molar refractivity (Wildman–Crippen MR) is 112 cm³/mol. The van der Waals surface area contributed by atoms with Crippen molar-refractivity contribution >= 4 is 17.7 Å². The van der Waals surface area contributed by atoms with E-state index in [1.807, 2.05) is 29.2 Å². The Balaban J connectivity index is 1.58. The van der Waals surface area contributed by atoms with Crippen molar-refractivity contribution in [2.75, 3.05) is 33.3 Å². The van der Waals surface area contributed by atoms with E-state index in [1.165, 1.54) is 11.3 Å². The number of β-amino-alcohol motifs (C(OH)–C–C–N with tert-alkyl or cyclic N) is 1. The molecule has 5 atom stereocenters. The highest BCUT2D eigenvalue weighted by molar-refractivity contribution is 5.99. The fourth-order valence-electron chi connectivity index (χ4n) is 6.35. The number of likely N-dealkylation sites (N-methyl/N-ethyl adjacent to an activating group) is 1. The average molecular weight is 430 g/mol. The zero-order chi connectivity index (χ0) is 21.8. The van der Waals surface area contributed by atoms with E-state index in [9.17, 15) is 19.5 Å². The van der Waals surface area contributed by atoms with Crippen LogP contribution in [0.5, 0.6) is 0 Å². The number of amides is 3. The smallest absolute Gasteiger partial charge is 0.249 e. The van der Waals surface area contributed by atoms with Crippen LogP contribution in [0, 0.1) is 11.8 Å². The maximum absolute atomic E-state index is 13.9. The van der Waals surface area contributed by atoms with Gasteiger partial charge in [-0.05, 0) is 12.8 Å². The van der Waals surface area contributed by atoms with E-state index in [1.54, 1.807) is 11.9 Å². The molecule has 0 aromatic heterocycles. The monoisotopic (exact) mass is 429 g/mol. The topological polar surface area (TPSA) is 90.4 Å². The summed E-state index contributed by atoms with van der Waals surface area (Å²) in [6, 6.07) is -0.693. The van der Waals surface area contributed by atoms with Gasteiger partial charge in [0.1, 0.15) is 11.6 Å². The molecule has 168 valence electrons. The number of carbonyl (C=O) groups is 3. The lowest BCUT2D eigenvalue weighted by Crippen LogP contribution is -2.57. The van der Waals surface area contributed by atoms with Crippen LogP contribution < -0.4 is 0 Å². The normalized spacial score (nSPS) is 38.3. The predicted octanol–water partition coefficient (Wildman–Crippen LogP) is 0.319. The molecule has 8 nitrogen and oxygen atoms in total. The summed E-state index contributed by atoms with van der Waals surface area (Å²) in [6.07, 6.45) is 12.3. The second-order valence-corrected chi connectivity index (χ2v) is 9.43. The van der Waals surface area contributed by atoms with E-state index < -0.39 is 29.6 Å². The molecule has 0 bridgehead atoms. The summed E-state index contributed by atoms with van der Waals surface area (Å²) >= 11 is 0. The fraction of sp³-hybridized carbons (Fsp3) is 0.696. The molecule has 1 spiro atoms. The molecule has 1 unspecified atom stereocenters. The van der Waals surface area contributed by atoms with Gasteiger partial charge >= 0.3 is 0 Å². The second-order valence-electron chi connectivity index (χ2n) is 9.43. The number of hydrogen-bond donors (Lipinski definition) is 1. The van der Waals surface area contributed by atoms with Gasteiger partial charge in [-0.1, -0.05) is 43.6 Å². The summed E-state index contributed by atoms with van der Waals surface area (Å²) in [7, 11) is 1.72. The van der Waals surface area contributed by atoms with Gasteiger partial charge in [0.25, 0.3) is 0 Å². The summed E-state index contributed by atoms with van der Waals surface area (Å²) in [5.74, 6) is -1.96. The first-order valence-corrected chi connectivity index (χ1v) is 11.5. The Kier molecular flexibility index (Phi) is 5.17. The van der Waals surface area contributed by atoms with E-state index in [2.05, 4.69) is 0 Å². The second kappa shape index (κ2) is 7.74. The Bertz CT molecular complexity index is 835. The number of aliphatic hydroxyl groups is 1. The summed E-state index contributed by atoms with van der Waals surface area (Å²) in [6.45, 7) is 0.767. The van der Waals surface area contributed by atoms with Crippen LogP contribution in [-0.4, -0.2) is 94.6 Å². The number of fused-ring (bicyclic) bond motifs is 2. The molecule has 3 fully saturated rings. The van der Waals surface area contributed by atoms with Crippen LogP contribution in [0.3, 0.4) is 0 Å². The Labute approximate surface area is 182 Å². The Morgan fingerprint density at radius 2 is 1.84 bits per heavy atom. The highest BCUT2D eigenvalue weighted by Crippen LogP contribution is 2.53. The van der Waals surface area contributed by atoms with E-state index in [-0.39, 0.29) is 36.9 Å². The van der Waals surface area contributed by atoms with Crippen molar-refractivity contribution in [3.63, 3.8) is 0 Å². The summed E-state index contributed by atoms with van der Waals surface area (Å²) in [4.78, 5) is 45.7. The molecule has 8 heteroatoms. The van der Waals surface area contributed by atoms with Crippen molar-refractivity contribution in [2.45, 2.75) is 55.9 Å². The lowest BCUT2D eigenvalue weighted by Gasteiger charge is -2.39. The molecule has 31 heavy (non-hydrogen) atoms. The van der Waals surface area contributed by atoms with Crippen molar-refractivity contribution in [1.82, 2.24) is 14.7 Å². The van der Waals surface area contributed by atoms with Gasteiger partial charge in [-0.25, -0.2) is 0 Å². The fourth-order valence-corrected chi connectivity index (χ4v) is 6.35. The van der Waals surface area contributed by atoms with Crippen LogP contribution in [-0.2, 0) is 19.1 Å². The maximum Gasteiger partial charge on any atom is 0.249 e. The van der Waals surface area contributed by atoms with E-state index in [0.29, 0.717) is 13.1 Å². The van der Waals surface area contributed by atoms with Crippen LogP contribution in [0.4, 0.5) is 0 Å². The van der Waals surface area contributed by atoms with Crippen LogP contribution in [0.1, 0.15) is 32.1 Å². The number of carbonyl (C=O) groups excluding carboxylic acids is 3. The maximum atomic E-state index is 13.9. The van der Waals surface area contributed by atoms with Crippen molar-refractivity contribution in [2.24, 2.45) is 11.8 Å². The van der Waals surface area contributed by atoms with Crippen molar-refractivity contribution in [3.05, 3.63) is 24.3 Å². The van der Waals surface area contributed by atoms with Crippen molar-refractivity contribution in [3.8, 4) is 0 Å². The summed E-state index contributed by atoms with van der Waals surface area (Å²) in [5, 5.41) is 9.67. The molecule has 0 aromatic rings. The molecule has 0 radical (unpaired) electrons. The first-order chi connectivity index (χ1) is 15.0. The van der Waals surface area contributed by atoms with Crippen LogP contribution in [0.25, 0.3) is 0 Å². The first kappa shape index (κ1) is 20.7. The van der Waals surface area contributed by atoms with Gasteiger partial charge in [0, 0.05) is 32.7 Å². The third-order valence-corrected chi connectivity index (χ3v) is 7.75. The minimum atomic E-state index is -1.18. The van der Waals surface area contributed by atoms with E-state index in [0.717, 1.165) is 25.7 Å². The number of hydrogen-bond acceptors (Lipinski definition) is 5. The molecule has 1 aliphatic carbocycles. The van der Waals surface area contributed by atoms with Gasteiger partial charge < -0.3 is 24.5 Å². The Hall–Kier alpha value is -2.19. The van der Waals surface area contributed by atoms with Crippen LogP contribution >= 0.6 is 0 Å². The number of nitrogens with zero attached hydrogens (tertiary/aromatic N) is 3. The number of likely N-dealkylation sites (tertiary alicyclic amines) is 1. The highest BCUT2D eigenvalue weighted by atomic mass is 16.5. The molecule has 1 N–H and O–H groups in total. The van der Waals surface area contributed by atoms with Gasteiger partial charge in [0.2, 0.25) is 17.7 Å². The van der Waals surface area contributed by atoms with Crippen molar-refractivity contribution < 1.29 is 24.2 Å². The Morgan fingerprint density at radius 1 is 1.06 bits per heavy atom. The van der Waals surface area contributed by atoms with Crippen molar-refractivity contribution in [1.29, 1.82) is 0 Å². The molecular weight excluding hydrogens is 398 g/mol. The lowest BCUT2D eigenvalue weighted by molar-refractivity contribution is -0.150. The quantitative estimate of drug-likeness (QED) is 0.653. The molecule has 5 rings (SSSR count). The van der Waals surface area contributed by atoms with Crippen LogP contribution in [0.15, 0.2) is 24.3 Å². The van der Waals surface area contributed by atoms with Gasteiger partial charge in [-0.3, -0.25) is 14.4 Å². The minimum Gasteiger partial charge on any atom is -0.395 e. The Morgan fingerprint density at radius 3 is 2.58 bits per heavy atom. The first-order valence-electron chi connectivity index (χ1n) is 11.5. The summed E-state index contributed by atoms with van der Waals surface area (Å²) in [5.41, 5.74) is -1.18. The summed E-state index contributed by atoms with van der Waals surface area (Å²) < 4.78 is 6.50. The molecule has 2 saturated heterocycles. The molecule has 0 aromatic carbocycles. The molecule has 4 aliphatic heterocycles. The number of rotatable bonds is 3. The van der Waals surface area contributed by atoms with Gasteiger partial charge in [-0.2, -0.15) is 0 Å². The zero-order valence-electron chi connectivity index (χ0n) is 18.0. The van der Waals surface area contributed by atoms with Gasteiger partial charge in [0.15, 0.2) is 0 Å². The SMILES string of the molecule is CN1CC=C[C@@H]2O[C@]34C=CCN(C5CCCCC5)C(=O)C3N(CCO)C(=O)[C@@H]4[C@@H]2C1=O. The van der Waals surface area contributed by atoms with E-state index >= 15 is 0 Å². The number of ether oxygens (including phenoxy) is 1. The standard InChI is InChI=1S/C23H31N3O5/c1-24-11-5-9-16-17(20(24)28)18-21(29)26(13-14-27)19-22(30)25(15-7-3-2-4-8-15)12-6-10-23(18,19)31-16/h5-6,9-10,15-19,27H,2-4,7-8,11-14H2,1H3/t16-,17+,18-,19?,23-/m0/s1. The number of aliphatic hydroxyl groups excluding tert-OH is 1. The highest BCUT2D eigenvalue weighted by Gasteiger charge is 2.71. The third kappa shape index (κ3) is 2.98. The minimum absolute atomic E-state index is 0.0560. The molecule has 3 amide bonds. The molecule has 4 heterocycles. The van der Waals surface area contributed by atoms with Gasteiger partial charge in [0.05, 0.1) is 24.5 Å². The lowest BCUT2D eigenvalue weighted by atomic mass is 9.77. The third-order valence-electron chi connectivity index (χ3n) is 7.75. The van der Waals surface area contributed by atoms with E-state index in [4.69, 9.17) is 4.74 Å². The van der Waals surface area contributed by atoms with Gasteiger partial charge in [-0.15, -0.1) is 0 Å². The zero-order valence-corrected chi connectivity index (χ0v) is 18.0. The largest absolute Gasteiger partial charge is 0.395 e. The molecule has 5 aliphatic rings. The molecular formula is C23H31N3O5.